The van der Waals surface area contributed by atoms with Crippen molar-refractivity contribution in [2.24, 2.45) is 0 Å². The maximum absolute atomic E-state index is 12.1. The Labute approximate surface area is 128 Å². The summed E-state index contributed by atoms with van der Waals surface area (Å²) in [5, 5.41) is 3.80. The number of likely N-dealkylation sites (tertiary alicyclic amines) is 1. The standard InChI is InChI=1S/C14H16Cl2N2O2/c1-9(19)18-6-4-11(5-7-18)17-14(20)12-3-2-10(15)8-13(12)16/h2-3,8,11H,4-7H2,1H3,(H,17,20). The van der Waals surface area contributed by atoms with Crippen LogP contribution in [0.15, 0.2) is 18.2 Å². The summed E-state index contributed by atoms with van der Waals surface area (Å²) >= 11 is 11.8. The second-order valence-electron chi connectivity index (χ2n) is 4.88. The molecule has 4 nitrogen and oxygen atoms in total. The normalized spacial score (nSPS) is 16.1. The molecule has 0 atom stereocenters. The van der Waals surface area contributed by atoms with Gasteiger partial charge in [-0.2, -0.15) is 0 Å². The quantitative estimate of drug-likeness (QED) is 0.912. The average molecular weight is 315 g/mol. The van der Waals surface area contributed by atoms with E-state index >= 15 is 0 Å². The minimum atomic E-state index is -0.201. The highest BCUT2D eigenvalue weighted by molar-refractivity contribution is 6.36. The van der Waals surface area contributed by atoms with Gasteiger partial charge in [0.05, 0.1) is 10.6 Å². The largest absolute Gasteiger partial charge is 0.349 e. The van der Waals surface area contributed by atoms with E-state index in [0.29, 0.717) is 28.7 Å². The monoisotopic (exact) mass is 314 g/mol. The molecule has 0 saturated carbocycles. The third-order valence-corrected chi connectivity index (χ3v) is 4.00. The molecule has 20 heavy (non-hydrogen) atoms. The molecule has 0 aliphatic carbocycles. The number of amides is 2. The molecular weight excluding hydrogens is 299 g/mol. The van der Waals surface area contributed by atoms with Crippen LogP contribution < -0.4 is 5.32 Å². The van der Waals surface area contributed by atoms with E-state index in [2.05, 4.69) is 5.32 Å². The minimum Gasteiger partial charge on any atom is -0.349 e. The molecule has 2 rings (SSSR count). The van der Waals surface area contributed by atoms with Crippen molar-refractivity contribution in [3.05, 3.63) is 33.8 Å². The molecule has 1 aromatic carbocycles. The Morgan fingerprint density at radius 1 is 1.25 bits per heavy atom. The summed E-state index contributed by atoms with van der Waals surface area (Å²) in [5.41, 5.74) is 0.421. The van der Waals surface area contributed by atoms with Gasteiger partial charge in [-0.05, 0) is 31.0 Å². The average Bonchev–Trinajstić information content (AvgIpc) is 2.39. The van der Waals surface area contributed by atoms with Gasteiger partial charge in [-0.15, -0.1) is 0 Å². The number of rotatable bonds is 2. The maximum atomic E-state index is 12.1. The van der Waals surface area contributed by atoms with E-state index < -0.39 is 0 Å². The SMILES string of the molecule is CC(=O)N1CCC(NC(=O)c2ccc(Cl)cc2Cl)CC1. The second kappa shape index (κ2) is 6.46. The molecule has 108 valence electrons. The Hall–Kier alpha value is -1.26. The van der Waals surface area contributed by atoms with Gasteiger partial charge < -0.3 is 10.2 Å². The summed E-state index contributed by atoms with van der Waals surface area (Å²) in [6, 6.07) is 4.88. The van der Waals surface area contributed by atoms with Crippen LogP contribution in [0.2, 0.25) is 10.0 Å². The van der Waals surface area contributed by atoms with Crippen LogP contribution in [0, 0.1) is 0 Å². The van der Waals surface area contributed by atoms with Crippen molar-refractivity contribution in [1.29, 1.82) is 0 Å². The first kappa shape index (κ1) is 15.1. The highest BCUT2D eigenvalue weighted by Gasteiger charge is 2.23. The Kier molecular flexibility index (Phi) is 4.89. The van der Waals surface area contributed by atoms with Gasteiger partial charge in [-0.25, -0.2) is 0 Å². The lowest BCUT2D eigenvalue weighted by Crippen LogP contribution is -2.46. The fraction of sp³-hybridized carbons (Fsp3) is 0.429. The Morgan fingerprint density at radius 3 is 2.45 bits per heavy atom. The van der Waals surface area contributed by atoms with E-state index in [0.717, 1.165) is 12.8 Å². The Morgan fingerprint density at radius 2 is 1.90 bits per heavy atom. The molecule has 0 aromatic heterocycles. The van der Waals surface area contributed by atoms with Crippen molar-refractivity contribution in [3.8, 4) is 0 Å². The summed E-state index contributed by atoms with van der Waals surface area (Å²) in [7, 11) is 0. The third kappa shape index (κ3) is 3.64. The van der Waals surface area contributed by atoms with Gasteiger partial charge in [0.1, 0.15) is 0 Å². The van der Waals surface area contributed by atoms with Gasteiger partial charge >= 0.3 is 0 Å². The van der Waals surface area contributed by atoms with Crippen molar-refractivity contribution in [2.75, 3.05) is 13.1 Å². The fourth-order valence-corrected chi connectivity index (χ4v) is 2.77. The van der Waals surface area contributed by atoms with E-state index in [1.165, 1.54) is 0 Å². The van der Waals surface area contributed by atoms with Crippen molar-refractivity contribution in [3.63, 3.8) is 0 Å². The first-order valence-corrected chi connectivity index (χ1v) is 7.24. The summed E-state index contributed by atoms with van der Waals surface area (Å²) in [4.78, 5) is 25.2. The van der Waals surface area contributed by atoms with Gasteiger partial charge in [-0.3, -0.25) is 9.59 Å². The Balaban J connectivity index is 1.94. The molecule has 0 radical (unpaired) electrons. The zero-order valence-corrected chi connectivity index (χ0v) is 12.7. The lowest BCUT2D eigenvalue weighted by atomic mass is 10.0. The maximum Gasteiger partial charge on any atom is 0.253 e. The number of carbonyl (C=O) groups excluding carboxylic acids is 2. The van der Waals surface area contributed by atoms with Crippen molar-refractivity contribution >= 4 is 35.0 Å². The van der Waals surface area contributed by atoms with Crippen LogP contribution in [0.1, 0.15) is 30.1 Å². The van der Waals surface area contributed by atoms with E-state index in [-0.39, 0.29) is 17.9 Å². The predicted octanol–water partition coefficient (Wildman–Crippen LogP) is 2.73. The van der Waals surface area contributed by atoms with Crippen molar-refractivity contribution in [2.45, 2.75) is 25.8 Å². The van der Waals surface area contributed by atoms with Gasteiger partial charge in [0.25, 0.3) is 5.91 Å². The van der Waals surface area contributed by atoms with Gasteiger partial charge in [0, 0.05) is 31.1 Å². The van der Waals surface area contributed by atoms with E-state index in [1.807, 2.05) is 0 Å². The molecule has 1 fully saturated rings. The number of halogens is 2. The molecule has 1 aromatic rings. The molecule has 1 saturated heterocycles. The molecule has 6 heteroatoms. The molecule has 1 aliphatic heterocycles. The summed E-state index contributed by atoms with van der Waals surface area (Å²) in [6.45, 7) is 2.91. The van der Waals surface area contributed by atoms with Gasteiger partial charge in [0.15, 0.2) is 0 Å². The Bertz CT molecular complexity index is 526. The lowest BCUT2D eigenvalue weighted by molar-refractivity contribution is -0.129. The number of nitrogens with one attached hydrogen (secondary N) is 1. The summed E-state index contributed by atoms with van der Waals surface area (Å²) in [6.07, 6.45) is 1.52. The first-order chi connectivity index (χ1) is 9.47. The van der Waals surface area contributed by atoms with Crippen LogP contribution in [0.3, 0.4) is 0 Å². The lowest BCUT2D eigenvalue weighted by Gasteiger charge is -2.31. The zero-order valence-electron chi connectivity index (χ0n) is 11.2. The molecule has 0 unspecified atom stereocenters. The topological polar surface area (TPSA) is 49.4 Å². The molecule has 0 bridgehead atoms. The van der Waals surface area contributed by atoms with Gasteiger partial charge in [0.2, 0.25) is 5.91 Å². The number of piperidine rings is 1. The molecule has 0 spiro atoms. The number of carbonyl (C=O) groups is 2. The number of hydrogen-bond donors (Lipinski definition) is 1. The molecular formula is C14H16Cl2N2O2. The number of nitrogens with zero attached hydrogens (tertiary/aromatic N) is 1. The molecule has 1 N–H and O–H groups in total. The van der Waals surface area contributed by atoms with Crippen LogP contribution in [0.25, 0.3) is 0 Å². The van der Waals surface area contributed by atoms with E-state index in [9.17, 15) is 9.59 Å². The molecule has 1 heterocycles. The molecule has 1 aliphatic rings. The summed E-state index contributed by atoms with van der Waals surface area (Å²) < 4.78 is 0. The fourth-order valence-electron chi connectivity index (χ4n) is 2.28. The van der Waals surface area contributed by atoms with Crippen LogP contribution in [0.5, 0.6) is 0 Å². The highest BCUT2D eigenvalue weighted by atomic mass is 35.5. The van der Waals surface area contributed by atoms with E-state index in [4.69, 9.17) is 23.2 Å². The highest BCUT2D eigenvalue weighted by Crippen LogP contribution is 2.21. The zero-order chi connectivity index (χ0) is 14.7. The van der Waals surface area contributed by atoms with Crippen molar-refractivity contribution < 1.29 is 9.59 Å². The first-order valence-electron chi connectivity index (χ1n) is 6.49. The minimum absolute atomic E-state index is 0.0739. The van der Waals surface area contributed by atoms with E-state index in [1.54, 1.807) is 30.0 Å². The van der Waals surface area contributed by atoms with Crippen LogP contribution in [0.4, 0.5) is 0 Å². The number of benzene rings is 1. The van der Waals surface area contributed by atoms with Crippen LogP contribution in [-0.2, 0) is 4.79 Å². The van der Waals surface area contributed by atoms with Crippen molar-refractivity contribution in [1.82, 2.24) is 10.2 Å². The smallest absolute Gasteiger partial charge is 0.253 e. The summed E-state index contributed by atoms with van der Waals surface area (Å²) in [5.74, 6) is -0.122. The van der Waals surface area contributed by atoms with Gasteiger partial charge in [-0.1, -0.05) is 23.2 Å². The van der Waals surface area contributed by atoms with Crippen LogP contribution in [-0.4, -0.2) is 35.8 Å². The third-order valence-electron chi connectivity index (χ3n) is 3.45. The van der Waals surface area contributed by atoms with Crippen LogP contribution >= 0.6 is 23.2 Å². The molecule has 2 amide bonds. The predicted molar refractivity (Wildman–Crippen MR) is 79.2 cm³/mol. The number of hydrogen-bond acceptors (Lipinski definition) is 2. The second-order valence-corrected chi connectivity index (χ2v) is 5.72.